The molecule has 4 amide bonds. The summed E-state index contributed by atoms with van der Waals surface area (Å²) < 4.78 is 34.0. The van der Waals surface area contributed by atoms with Crippen LogP contribution in [0.4, 0.5) is 30.8 Å². The van der Waals surface area contributed by atoms with Gasteiger partial charge in [0.2, 0.25) is 11.8 Å². The molecule has 3 aliphatic rings. The molecule has 19 heteroatoms. The van der Waals surface area contributed by atoms with Gasteiger partial charge >= 0.3 is 18.0 Å². The van der Waals surface area contributed by atoms with Gasteiger partial charge in [-0.05, 0) is 80.6 Å². The SMILES string of the molecule is CN1CCN(C2CCN(C(=O)Nc3cc(Oc4ccc(NC(=O)CC5(CC(=O)Nc6ccc(F)cc6)CC5)c(F)c4)ccn3)CC2)CC1.O=C(O)C(O)C(O)C(=O)O. The average molecular weight is 812 g/mol. The van der Waals surface area contributed by atoms with Crippen LogP contribution in [-0.2, 0) is 19.2 Å². The molecule has 2 aliphatic heterocycles. The number of likely N-dealkylation sites (tertiary alicyclic amines) is 1. The number of aliphatic hydroxyl groups is 2. The molecule has 58 heavy (non-hydrogen) atoms. The summed E-state index contributed by atoms with van der Waals surface area (Å²) >= 11 is 0. The molecule has 3 heterocycles. The Balaban J connectivity index is 0.000000567. The van der Waals surface area contributed by atoms with Crippen LogP contribution in [0.5, 0.6) is 11.5 Å². The second-order valence-corrected chi connectivity index (χ2v) is 14.6. The number of carbonyl (C=O) groups excluding carboxylic acids is 3. The number of carbonyl (C=O) groups is 5. The highest BCUT2D eigenvalue weighted by molar-refractivity contribution is 5.94. The number of carboxylic acids is 2. The Bertz CT molecular complexity index is 1920. The van der Waals surface area contributed by atoms with E-state index in [2.05, 4.69) is 37.8 Å². The van der Waals surface area contributed by atoms with E-state index >= 15 is 0 Å². The summed E-state index contributed by atoms with van der Waals surface area (Å²) in [6.07, 6.45) is 0.461. The Labute approximate surface area is 332 Å². The Hall–Kier alpha value is -5.76. The minimum Gasteiger partial charge on any atom is -0.479 e. The molecule has 2 saturated heterocycles. The normalized spacial score (nSPS) is 17.8. The number of carboxylic acid groups (broad SMARTS) is 2. The molecule has 312 valence electrons. The number of pyridine rings is 1. The van der Waals surface area contributed by atoms with Crippen molar-refractivity contribution in [3.05, 3.63) is 72.4 Å². The van der Waals surface area contributed by atoms with Crippen LogP contribution < -0.4 is 20.7 Å². The maximum absolute atomic E-state index is 15.0. The Kier molecular flexibility index (Phi) is 14.7. The number of aliphatic hydroxyl groups excluding tert-OH is 2. The number of halogens is 2. The Morgan fingerprint density at radius 2 is 1.38 bits per heavy atom. The average Bonchev–Trinajstić information content (AvgIpc) is 3.94. The van der Waals surface area contributed by atoms with Gasteiger partial charge in [-0.25, -0.2) is 28.1 Å². The number of nitrogens with one attached hydrogen (secondary N) is 3. The Morgan fingerprint density at radius 1 is 0.793 bits per heavy atom. The number of amides is 4. The zero-order chi connectivity index (χ0) is 42.0. The molecule has 1 aliphatic carbocycles. The third-order valence-corrected chi connectivity index (χ3v) is 10.2. The van der Waals surface area contributed by atoms with Gasteiger partial charge < -0.3 is 45.6 Å². The first kappa shape index (κ1) is 43.4. The zero-order valence-corrected chi connectivity index (χ0v) is 31.8. The van der Waals surface area contributed by atoms with Crippen LogP contribution in [0.25, 0.3) is 0 Å². The van der Waals surface area contributed by atoms with Gasteiger partial charge in [-0.2, -0.15) is 0 Å². The monoisotopic (exact) mass is 811 g/mol. The van der Waals surface area contributed by atoms with Crippen LogP contribution in [-0.4, -0.2) is 134 Å². The van der Waals surface area contributed by atoms with Crippen molar-refractivity contribution in [3.8, 4) is 11.5 Å². The van der Waals surface area contributed by atoms with Gasteiger partial charge in [0, 0.05) is 82.2 Å². The molecule has 6 rings (SSSR count). The highest BCUT2D eigenvalue weighted by Crippen LogP contribution is 2.52. The van der Waals surface area contributed by atoms with E-state index in [0.29, 0.717) is 49.2 Å². The predicted molar refractivity (Wildman–Crippen MR) is 205 cm³/mol. The van der Waals surface area contributed by atoms with Crippen molar-refractivity contribution < 1.29 is 57.9 Å². The Morgan fingerprint density at radius 3 is 1.95 bits per heavy atom. The standard InChI is InChI=1S/C35H41F2N7O4.C4H6O6/c1-42-16-18-43(19-17-42)26-9-14-44(15-10-26)34(47)41-31-21-28(8-13-38-31)48-27-6-7-30(29(37)20-27)40-33(46)23-35(11-12-35)22-32(45)39-25-4-2-24(36)3-5-25;5-1(3(7)8)2(6)4(9)10/h2-8,13,20-21,26H,9-12,14-19,22-23H2,1H3,(H,39,45)(H,40,46)(H,38,41,47);1-2,5-6H,(H,7,8)(H,9,10). The lowest BCUT2D eigenvalue weighted by atomic mass is 9.97. The van der Waals surface area contributed by atoms with Gasteiger partial charge in [-0.15, -0.1) is 0 Å². The summed E-state index contributed by atoms with van der Waals surface area (Å²) in [6.45, 7) is 5.63. The van der Waals surface area contributed by atoms with Gasteiger partial charge in [0.15, 0.2) is 12.2 Å². The summed E-state index contributed by atoms with van der Waals surface area (Å²) in [5.41, 5.74) is -0.00691. The van der Waals surface area contributed by atoms with Crippen LogP contribution >= 0.6 is 0 Å². The van der Waals surface area contributed by atoms with Gasteiger partial charge in [0.25, 0.3) is 0 Å². The first-order valence-electron chi connectivity index (χ1n) is 18.7. The van der Waals surface area contributed by atoms with Crippen molar-refractivity contribution >= 4 is 47.0 Å². The van der Waals surface area contributed by atoms with Crippen LogP contribution in [0.3, 0.4) is 0 Å². The van der Waals surface area contributed by atoms with E-state index in [1.807, 2.05) is 0 Å². The van der Waals surface area contributed by atoms with Gasteiger partial charge in [-0.3, -0.25) is 19.8 Å². The summed E-state index contributed by atoms with van der Waals surface area (Å²) in [5.74, 6) is -4.39. The smallest absolute Gasteiger partial charge is 0.335 e. The van der Waals surface area contributed by atoms with Crippen LogP contribution in [0.2, 0.25) is 0 Å². The summed E-state index contributed by atoms with van der Waals surface area (Å²) in [7, 11) is 2.15. The lowest BCUT2D eigenvalue weighted by Crippen LogP contribution is -2.53. The van der Waals surface area contributed by atoms with Crippen molar-refractivity contribution in [2.75, 3.05) is 62.3 Å². The van der Waals surface area contributed by atoms with Gasteiger partial charge in [0.05, 0.1) is 5.69 Å². The van der Waals surface area contributed by atoms with Crippen LogP contribution in [0.15, 0.2) is 60.8 Å². The number of likely N-dealkylation sites (N-methyl/N-ethyl adjacent to an activating group) is 1. The molecule has 17 nitrogen and oxygen atoms in total. The third-order valence-electron chi connectivity index (χ3n) is 10.2. The second-order valence-electron chi connectivity index (χ2n) is 14.6. The van der Waals surface area contributed by atoms with E-state index in [4.69, 9.17) is 25.2 Å². The highest BCUT2D eigenvalue weighted by atomic mass is 19.1. The van der Waals surface area contributed by atoms with Crippen molar-refractivity contribution in [1.82, 2.24) is 19.7 Å². The molecular weight excluding hydrogens is 764 g/mol. The van der Waals surface area contributed by atoms with Crippen molar-refractivity contribution in [1.29, 1.82) is 0 Å². The van der Waals surface area contributed by atoms with E-state index in [9.17, 15) is 32.8 Å². The highest BCUT2D eigenvalue weighted by Gasteiger charge is 2.46. The fourth-order valence-corrected chi connectivity index (χ4v) is 6.63. The minimum atomic E-state index is -2.27. The predicted octanol–water partition coefficient (Wildman–Crippen LogP) is 3.41. The molecule has 0 spiro atoms. The molecule has 3 fully saturated rings. The molecule has 0 radical (unpaired) electrons. The number of anilines is 3. The molecule has 2 aromatic carbocycles. The first-order valence-corrected chi connectivity index (χ1v) is 18.7. The quantitative estimate of drug-likeness (QED) is 0.131. The van der Waals surface area contributed by atoms with Crippen molar-refractivity contribution in [2.45, 2.75) is 56.8 Å². The number of aromatic nitrogens is 1. The number of rotatable bonds is 13. The van der Waals surface area contributed by atoms with Crippen molar-refractivity contribution in [2.24, 2.45) is 5.41 Å². The maximum atomic E-state index is 15.0. The molecule has 7 N–H and O–H groups in total. The van der Waals surface area contributed by atoms with E-state index < -0.39 is 47.1 Å². The second kappa shape index (κ2) is 19.6. The topological polar surface area (TPSA) is 234 Å². The van der Waals surface area contributed by atoms with Crippen molar-refractivity contribution in [3.63, 3.8) is 0 Å². The lowest BCUT2D eigenvalue weighted by molar-refractivity contribution is -0.165. The van der Waals surface area contributed by atoms with Crippen LogP contribution in [0, 0.1) is 17.0 Å². The molecule has 2 unspecified atom stereocenters. The summed E-state index contributed by atoms with van der Waals surface area (Å²) in [4.78, 5) is 68.7. The molecular formula is C39H47F2N7O10. The molecule has 0 bridgehead atoms. The molecule has 2 atom stereocenters. The third kappa shape index (κ3) is 12.6. The summed E-state index contributed by atoms with van der Waals surface area (Å²) in [5, 5.41) is 40.7. The number of hydrogen-bond donors (Lipinski definition) is 7. The first-order chi connectivity index (χ1) is 27.6. The maximum Gasteiger partial charge on any atom is 0.335 e. The van der Waals surface area contributed by atoms with Gasteiger partial charge in [-0.1, -0.05) is 0 Å². The zero-order valence-electron chi connectivity index (χ0n) is 31.8. The number of ether oxygens (including phenoxy) is 1. The number of urea groups is 1. The number of aliphatic carboxylic acids is 2. The minimum absolute atomic E-state index is 0.00186. The lowest BCUT2D eigenvalue weighted by Gasteiger charge is -2.42. The van der Waals surface area contributed by atoms with E-state index in [0.717, 1.165) is 39.0 Å². The molecule has 1 aromatic heterocycles. The fourth-order valence-electron chi connectivity index (χ4n) is 6.63. The van der Waals surface area contributed by atoms with Gasteiger partial charge in [0.1, 0.15) is 29.0 Å². The number of piperazine rings is 1. The molecule has 1 saturated carbocycles. The van der Waals surface area contributed by atoms with E-state index in [1.165, 1.54) is 48.7 Å². The largest absolute Gasteiger partial charge is 0.479 e. The number of benzene rings is 2. The summed E-state index contributed by atoms with van der Waals surface area (Å²) in [6, 6.07) is 13.0. The molecule has 3 aromatic rings. The number of nitrogens with zero attached hydrogens (tertiary/aromatic N) is 4. The number of hydrogen-bond acceptors (Lipinski definition) is 11. The van der Waals surface area contributed by atoms with E-state index in [-0.39, 0.29) is 36.2 Å². The van der Waals surface area contributed by atoms with Crippen LogP contribution in [0.1, 0.15) is 38.5 Å². The number of piperidine rings is 1. The fraction of sp³-hybridized carbons (Fsp3) is 0.436. The van der Waals surface area contributed by atoms with E-state index in [1.54, 1.807) is 17.0 Å².